The Balaban J connectivity index is 1.44. The first-order chi connectivity index (χ1) is 12.2. The van der Waals surface area contributed by atoms with Gasteiger partial charge in [0.1, 0.15) is 0 Å². The van der Waals surface area contributed by atoms with Crippen LogP contribution >= 0.6 is 12.2 Å². The minimum absolute atomic E-state index is 0.640. The van der Waals surface area contributed by atoms with E-state index in [-0.39, 0.29) is 0 Å². The zero-order valence-electron chi connectivity index (χ0n) is 14.6. The topological polar surface area (TPSA) is 36.5 Å². The van der Waals surface area contributed by atoms with Gasteiger partial charge in [-0.25, -0.2) is 0 Å². The molecule has 0 radical (unpaired) electrons. The summed E-state index contributed by atoms with van der Waals surface area (Å²) >= 11 is 5.36. The molecule has 0 amide bonds. The second-order valence-electron chi connectivity index (χ2n) is 6.38. The number of morpholine rings is 1. The number of aryl methyl sites for hydroxylation is 1. The molecule has 25 heavy (non-hydrogen) atoms. The fourth-order valence-corrected chi connectivity index (χ4v) is 2.96. The fraction of sp³-hybridized carbons (Fsp3) is 0.350. The zero-order chi connectivity index (χ0) is 17.5. The molecule has 2 aromatic rings. The van der Waals surface area contributed by atoms with Crippen molar-refractivity contribution in [1.29, 1.82) is 0 Å². The summed E-state index contributed by atoms with van der Waals surface area (Å²) in [6.07, 6.45) is 0. The van der Waals surface area contributed by atoms with Gasteiger partial charge in [-0.2, -0.15) is 0 Å². The number of nitrogens with zero attached hydrogens (tertiary/aromatic N) is 1. The van der Waals surface area contributed by atoms with Crippen LogP contribution in [0.15, 0.2) is 48.5 Å². The number of thiocarbonyl (C=S) groups is 1. The summed E-state index contributed by atoms with van der Waals surface area (Å²) in [6.45, 7) is 7.49. The summed E-state index contributed by atoms with van der Waals surface area (Å²) in [4.78, 5) is 2.43. The van der Waals surface area contributed by atoms with Gasteiger partial charge in [0.15, 0.2) is 5.11 Å². The maximum atomic E-state index is 5.39. The SMILES string of the molecule is Cc1ccc(NC(=S)NCc2ccc(CN3CCOCC3)cc2)cc1. The minimum atomic E-state index is 0.640. The van der Waals surface area contributed by atoms with E-state index in [9.17, 15) is 0 Å². The molecule has 1 fully saturated rings. The minimum Gasteiger partial charge on any atom is -0.379 e. The van der Waals surface area contributed by atoms with Crippen molar-refractivity contribution in [3.05, 3.63) is 65.2 Å². The van der Waals surface area contributed by atoms with Crippen LogP contribution in [0.5, 0.6) is 0 Å². The van der Waals surface area contributed by atoms with Gasteiger partial charge in [-0.3, -0.25) is 4.90 Å². The Hall–Kier alpha value is -1.95. The molecule has 0 spiro atoms. The average Bonchev–Trinajstić information content (AvgIpc) is 2.64. The fourth-order valence-electron chi connectivity index (χ4n) is 2.77. The molecule has 1 saturated heterocycles. The van der Waals surface area contributed by atoms with Gasteiger partial charge >= 0.3 is 0 Å². The molecule has 0 saturated carbocycles. The Kier molecular flexibility index (Phi) is 6.39. The second kappa shape index (κ2) is 8.94. The smallest absolute Gasteiger partial charge is 0.171 e. The lowest BCUT2D eigenvalue weighted by Crippen LogP contribution is -2.35. The van der Waals surface area contributed by atoms with Gasteiger partial charge in [0, 0.05) is 31.9 Å². The molecular formula is C20H25N3OS. The molecular weight excluding hydrogens is 330 g/mol. The van der Waals surface area contributed by atoms with Crippen LogP contribution in [0.2, 0.25) is 0 Å². The normalized spacial score (nSPS) is 14.9. The lowest BCUT2D eigenvalue weighted by atomic mass is 10.1. The first-order valence-corrected chi connectivity index (χ1v) is 9.09. The van der Waals surface area contributed by atoms with Crippen molar-refractivity contribution in [2.75, 3.05) is 31.6 Å². The van der Waals surface area contributed by atoms with Crippen LogP contribution in [0, 0.1) is 6.92 Å². The number of nitrogens with one attached hydrogen (secondary N) is 2. The summed E-state index contributed by atoms with van der Waals surface area (Å²) in [5.41, 5.74) is 4.80. The van der Waals surface area contributed by atoms with Gasteiger partial charge < -0.3 is 15.4 Å². The van der Waals surface area contributed by atoms with Crippen molar-refractivity contribution in [1.82, 2.24) is 10.2 Å². The van der Waals surface area contributed by atoms with E-state index in [2.05, 4.69) is 58.9 Å². The zero-order valence-corrected chi connectivity index (χ0v) is 15.4. The van der Waals surface area contributed by atoms with E-state index in [0.29, 0.717) is 5.11 Å². The Labute approximate surface area is 155 Å². The maximum absolute atomic E-state index is 5.39. The molecule has 132 valence electrons. The molecule has 2 aromatic carbocycles. The van der Waals surface area contributed by atoms with Crippen LogP contribution < -0.4 is 10.6 Å². The molecule has 3 rings (SSSR count). The molecule has 1 heterocycles. The highest BCUT2D eigenvalue weighted by atomic mass is 32.1. The summed E-state index contributed by atoms with van der Waals surface area (Å²) in [7, 11) is 0. The molecule has 4 nitrogen and oxygen atoms in total. The number of hydrogen-bond acceptors (Lipinski definition) is 3. The van der Waals surface area contributed by atoms with E-state index in [4.69, 9.17) is 17.0 Å². The lowest BCUT2D eigenvalue weighted by Gasteiger charge is -2.26. The van der Waals surface area contributed by atoms with Crippen molar-refractivity contribution in [3.63, 3.8) is 0 Å². The monoisotopic (exact) mass is 355 g/mol. The van der Waals surface area contributed by atoms with Gasteiger partial charge in [0.05, 0.1) is 13.2 Å². The predicted molar refractivity (Wildman–Crippen MR) is 107 cm³/mol. The summed E-state index contributed by atoms with van der Waals surface area (Å²) in [5, 5.41) is 7.10. The number of hydrogen-bond donors (Lipinski definition) is 2. The quantitative estimate of drug-likeness (QED) is 0.805. The van der Waals surface area contributed by atoms with E-state index >= 15 is 0 Å². The number of ether oxygens (including phenoxy) is 1. The predicted octanol–water partition coefficient (Wildman–Crippen LogP) is 3.31. The van der Waals surface area contributed by atoms with Crippen molar-refractivity contribution < 1.29 is 4.74 Å². The average molecular weight is 356 g/mol. The van der Waals surface area contributed by atoms with Gasteiger partial charge in [0.2, 0.25) is 0 Å². The van der Waals surface area contributed by atoms with Crippen LogP contribution in [-0.2, 0) is 17.8 Å². The summed E-state index contributed by atoms with van der Waals surface area (Å²) in [5.74, 6) is 0. The molecule has 1 aliphatic rings. The van der Waals surface area contributed by atoms with Crippen molar-refractivity contribution in [2.45, 2.75) is 20.0 Å². The van der Waals surface area contributed by atoms with Crippen molar-refractivity contribution in [3.8, 4) is 0 Å². The first-order valence-electron chi connectivity index (χ1n) is 8.68. The van der Waals surface area contributed by atoms with Gasteiger partial charge in [-0.15, -0.1) is 0 Å². The van der Waals surface area contributed by atoms with Crippen LogP contribution in [0.25, 0.3) is 0 Å². The Morgan fingerprint density at radius 3 is 2.32 bits per heavy atom. The van der Waals surface area contributed by atoms with E-state index in [0.717, 1.165) is 45.1 Å². The Morgan fingerprint density at radius 2 is 1.64 bits per heavy atom. The molecule has 2 N–H and O–H groups in total. The number of benzene rings is 2. The van der Waals surface area contributed by atoms with E-state index in [1.807, 2.05) is 12.1 Å². The largest absolute Gasteiger partial charge is 0.379 e. The Bertz CT molecular complexity index is 679. The van der Waals surface area contributed by atoms with Crippen LogP contribution in [0.3, 0.4) is 0 Å². The van der Waals surface area contributed by atoms with Crippen LogP contribution in [0.4, 0.5) is 5.69 Å². The van der Waals surface area contributed by atoms with Crippen LogP contribution in [0.1, 0.15) is 16.7 Å². The highest BCUT2D eigenvalue weighted by molar-refractivity contribution is 7.80. The Morgan fingerprint density at radius 1 is 1.00 bits per heavy atom. The third kappa shape index (κ3) is 5.81. The lowest BCUT2D eigenvalue weighted by molar-refractivity contribution is 0.0342. The number of rotatable bonds is 5. The molecule has 0 aliphatic carbocycles. The molecule has 0 bridgehead atoms. The summed E-state index contributed by atoms with van der Waals surface area (Å²) < 4.78 is 5.39. The molecule has 0 unspecified atom stereocenters. The highest BCUT2D eigenvalue weighted by Gasteiger charge is 2.10. The van der Waals surface area contributed by atoms with Crippen molar-refractivity contribution in [2.24, 2.45) is 0 Å². The first kappa shape index (κ1) is 17.9. The molecule has 0 atom stereocenters. The molecule has 5 heteroatoms. The number of anilines is 1. The standard InChI is InChI=1S/C20H25N3OS/c1-16-2-8-19(9-3-16)22-20(25)21-14-17-4-6-18(7-5-17)15-23-10-12-24-13-11-23/h2-9H,10-15H2,1H3,(H2,21,22,25). The van der Waals surface area contributed by atoms with Gasteiger partial charge in [0.25, 0.3) is 0 Å². The van der Waals surface area contributed by atoms with Gasteiger partial charge in [-0.05, 0) is 42.4 Å². The molecule has 1 aliphatic heterocycles. The highest BCUT2D eigenvalue weighted by Crippen LogP contribution is 2.10. The van der Waals surface area contributed by atoms with Crippen molar-refractivity contribution >= 4 is 23.0 Å². The third-order valence-electron chi connectivity index (χ3n) is 4.30. The van der Waals surface area contributed by atoms with Gasteiger partial charge in [-0.1, -0.05) is 42.0 Å². The summed E-state index contributed by atoms with van der Waals surface area (Å²) in [6, 6.07) is 16.9. The molecule has 0 aromatic heterocycles. The third-order valence-corrected chi connectivity index (χ3v) is 4.54. The second-order valence-corrected chi connectivity index (χ2v) is 6.79. The maximum Gasteiger partial charge on any atom is 0.171 e. The van der Waals surface area contributed by atoms with E-state index < -0.39 is 0 Å². The van der Waals surface area contributed by atoms with E-state index in [1.54, 1.807) is 0 Å². The van der Waals surface area contributed by atoms with E-state index in [1.165, 1.54) is 16.7 Å². The van der Waals surface area contributed by atoms with Crippen LogP contribution in [-0.4, -0.2) is 36.3 Å².